The second-order valence-corrected chi connectivity index (χ2v) is 3.88. The molecule has 0 fully saturated rings. The van der Waals surface area contributed by atoms with E-state index in [1.807, 2.05) is 0 Å². The standard InChI is InChI=1S/C5H6N2OSSi/c9-5(10)8-4-1-2-6-7-3-4/h1-3H,10H3. The van der Waals surface area contributed by atoms with Crippen molar-refractivity contribution in [2.24, 2.45) is 0 Å². The maximum absolute atomic E-state index is 5.10. The maximum Gasteiger partial charge on any atom is 0.149 e. The molecule has 0 aliphatic heterocycles. The van der Waals surface area contributed by atoms with Crippen LogP contribution in [0.5, 0.6) is 5.75 Å². The van der Waals surface area contributed by atoms with Crippen molar-refractivity contribution in [2.45, 2.75) is 0 Å². The van der Waals surface area contributed by atoms with Crippen LogP contribution in [0.3, 0.4) is 0 Å². The summed E-state index contributed by atoms with van der Waals surface area (Å²) in [6.45, 7) is 0. The van der Waals surface area contributed by atoms with Gasteiger partial charge in [-0.15, -0.1) is 0 Å². The van der Waals surface area contributed by atoms with E-state index < -0.39 is 0 Å². The predicted octanol–water partition coefficient (Wildman–Crippen LogP) is -0.494. The molecule has 1 aromatic rings. The van der Waals surface area contributed by atoms with Crippen LogP contribution in [0.1, 0.15) is 0 Å². The number of nitrogens with zero attached hydrogens (tertiary/aromatic N) is 2. The minimum atomic E-state index is 0.619. The molecular weight excluding hydrogens is 164 g/mol. The SMILES string of the molecule is [SiH3]C(=S)Oc1ccnnc1. The summed E-state index contributed by atoms with van der Waals surface area (Å²) in [5.41, 5.74) is 0. The zero-order valence-electron chi connectivity index (χ0n) is 5.44. The number of hydrogen-bond donors (Lipinski definition) is 0. The van der Waals surface area contributed by atoms with E-state index >= 15 is 0 Å². The topological polar surface area (TPSA) is 35.0 Å². The minimum Gasteiger partial charge on any atom is -0.455 e. The Morgan fingerprint density at radius 3 is 2.90 bits per heavy atom. The van der Waals surface area contributed by atoms with Gasteiger partial charge in [-0.2, -0.15) is 10.2 Å². The van der Waals surface area contributed by atoms with Crippen LogP contribution in [0.4, 0.5) is 0 Å². The molecule has 0 aromatic carbocycles. The Bertz CT molecular complexity index is 228. The highest BCUT2D eigenvalue weighted by molar-refractivity contribution is 7.82. The average molecular weight is 170 g/mol. The lowest BCUT2D eigenvalue weighted by Crippen LogP contribution is -2.03. The molecule has 10 heavy (non-hydrogen) atoms. The van der Waals surface area contributed by atoms with Crippen molar-refractivity contribution in [1.29, 1.82) is 0 Å². The van der Waals surface area contributed by atoms with Gasteiger partial charge in [0.05, 0.1) is 22.6 Å². The molecule has 0 aliphatic carbocycles. The van der Waals surface area contributed by atoms with Crippen molar-refractivity contribution in [3.05, 3.63) is 18.5 Å². The van der Waals surface area contributed by atoms with Crippen LogP contribution in [-0.2, 0) is 0 Å². The summed E-state index contributed by atoms with van der Waals surface area (Å²) >= 11 is 4.77. The van der Waals surface area contributed by atoms with Crippen molar-refractivity contribution in [1.82, 2.24) is 10.2 Å². The van der Waals surface area contributed by atoms with Gasteiger partial charge >= 0.3 is 0 Å². The third kappa shape index (κ3) is 2.20. The largest absolute Gasteiger partial charge is 0.455 e. The van der Waals surface area contributed by atoms with Crippen LogP contribution in [-0.4, -0.2) is 25.1 Å². The van der Waals surface area contributed by atoms with E-state index in [0.717, 1.165) is 10.2 Å². The summed E-state index contributed by atoms with van der Waals surface area (Å²) in [5.74, 6) is 0.662. The van der Waals surface area contributed by atoms with E-state index in [9.17, 15) is 0 Å². The molecule has 5 heteroatoms. The molecule has 1 aromatic heterocycles. The number of aromatic nitrogens is 2. The lowest BCUT2D eigenvalue weighted by atomic mass is 10.5. The average Bonchev–Trinajstić information content (AvgIpc) is 1.88. The zero-order chi connectivity index (χ0) is 7.40. The highest BCUT2D eigenvalue weighted by Gasteiger charge is 1.91. The Morgan fingerprint density at radius 1 is 1.60 bits per heavy atom. The summed E-state index contributed by atoms with van der Waals surface area (Å²) in [4.78, 5) is 0. The van der Waals surface area contributed by atoms with Crippen molar-refractivity contribution < 1.29 is 4.74 Å². The van der Waals surface area contributed by atoms with Crippen molar-refractivity contribution in [3.8, 4) is 5.75 Å². The second-order valence-electron chi connectivity index (χ2n) is 1.67. The number of ether oxygens (including phenoxy) is 1. The van der Waals surface area contributed by atoms with Crippen LogP contribution in [0.2, 0.25) is 0 Å². The molecule has 0 radical (unpaired) electrons. The van der Waals surface area contributed by atoms with Crippen molar-refractivity contribution in [3.63, 3.8) is 0 Å². The first kappa shape index (κ1) is 7.30. The molecule has 0 unspecified atom stereocenters. The van der Waals surface area contributed by atoms with Crippen molar-refractivity contribution >= 4 is 27.1 Å². The summed E-state index contributed by atoms with van der Waals surface area (Å²) in [7, 11) is 0.765. The van der Waals surface area contributed by atoms with Crippen LogP contribution in [0.15, 0.2) is 18.5 Å². The van der Waals surface area contributed by atoms with E-state index in [0.29, 0.717) is 10.4 Å². The molecule has 0 saturated carbocycles. The van der Waals surface area contributed by atoms with Gasteiger partial charge in [-0.1, -0.05) is 12.2 Å². The van der Waals surface area contributed by atoms with E-state index in [-0.39, 0.29) is 0 Å². The number of rotatable bonds is 1. The number of hydrogen-bond acceptors (Lipinski definition) is 4. The van der Waals surface area contributed by atoms with Crippen LogP contribution in [0.25, 0.3) is 0 Å². The molecule has 0 spiro atoms. The van der Waals surface area contributed by atoms with Gasteiger partial charge in [-0.25, -0.2) is 0 Å². The van der Waals surface area contributed by atoms with E-state index in [4.69, 9.17) is 17.0 Å². The Morgan fingerprint density at radius 2 is 2.40 bits per heavy atom. The van der Waals surface area contributed by atoms with E-state index in [1.165, 1.54) is 6.20 Å². The molecule has 3 nitrogen and oxygen atoms in total. The molecule has 1 rings (SSSR count). The second kappa shape index (κ2) is 3.38. The molecule has 52 valence electrons. The van der Waals surface area contributed by atoms with Gasteiger partial charge in [0.1, 0.15) is 10.4 Å². The summed E-state index contributed by atoms with van der Waals surface area (Å²) in [6, 6.07) is 1.72. The molecule has 0 N–H and O–H groups in total. The molecule has 0 saturated heterocycles. The van der Waals surface area contributed by atoms with Crippen LogP contribution < -0.4 is 4.74 Å². The summed E-state index contributed by atoms with van der Waals surface area (Å²) in [6.07, 6.45) is 3.10. The Hall–Kier alpha value is -0.813. The number of thiocarbonyl (C=S) groups is 1. The lowest BCUT2D eigenvalue weighted by Gasteiger charge is -1.99. The third-order valence-electron chi connectivity index (χ3n) is 0.819. The first-order valence-electron chi connectivity index (χ1n) is 2.74. The lowest BCUT2D eigenvalue weighted by molar-refractivity contribution is 0.571. The van der Waals surface area contributed by atoms with Gasteiger partial charge in [-0.3, -0.25) is 0 Å². The van der Waals surface area contributed by atoms with Crippen LogP contribution >= 0.6 is 12.2 Å². The van der Waals surface area contributed by atoms with Gasteiger partial charge in [0.25, 0.3) is 0 Å². The fraction of sp³-hybridized carbons (Fsp3) is 0. The smallest absolute Gasteiger partial charge is 0.149 e. The molecule has 0 aliphatic rings. The quantitative estimate of drug-likeness (QED) is 0.421. The molecule has 0 bridgehead atoms. The first-order chi connectivity index (χ1) is 4.79. The summed E-state index contributed by atoms with van der Waals surface area (Å²) < 4.78 is 5.72. The fourth-order valence-corrected chi connectivity index (χ4v) is 0.837. The zero-order valence-corrected chi connectivity index (χ0v) is 8.26. The predicted molar refractivity (Wildman–Crippen MR) is 45.2 cm³/mol. The highest BCUT2D eigenvalue weighted by atomic mass is 32.1. The van der Waals surface area contributed by atoms with Gasteiger partial charge in [-0.05, 0) is 0 Å². The van der Waals surface area contributed by atoms with Crippen LogP contribution in [0, 0.1) is 0 Å². The first-order valence-corrected chi connectivity index (χ1v) is 4.15. The fourth-order valence-electron chi connectivity index (χ4n) is 0.505. The Balaban J connectivity index is 2.67. The highest BCUT2D eigenvalue weighted by Crippen LogP contribution is 2.04. The van der Waals surface area contributed by atoms with E-state index in [1.54, 1.807) is 12.3 Å². The third-order valence-corrected chi connectivity index (χ3v) is 1.11. The van der Waals surface area contributed by atoms with Gasteiger partial charge in [0.15, 0.2) is 0 Å². The van der Waals surface area contributed by atoms with Gasteiger partial charge < -0.3 is 4.74 Å². The normalized spacial score (nSPS) is 9.20. The minimum absolute atomic E-state index is 0.619. The van der Waals surface area contributed by atoms with Crippen molar-refractivity contribution in [2.75, 3.05) is 0 Å². The molecule has 0 amide bonds. The molecule has 0 atom stereocenters. The Kier molecular flexibility index (Phi) is 2.47. The molecule has 1 heterocycles. The van der Waals surface area contributed by atoms with Gasteiger partial charge in [0.2, 0.25) is 0 Å². The van der Waals surface area contributed by atoms with Gasteiger partial charge in [0, 0.05) is 6.07 Å². The van der Waals surface area contributed by atoms with E-state index in [2.05, 4.69) is 10.2 Å². The Labute approximate surface area is 66.8 Å². The monoisotopic (exact) mass is 170 g/mol. The molecular formula is C5H6N2OSSi. The maximum atomic E-state index is 5.10. The summed E-state index contributed by atoms with van der Waals surface area (Å²) in [5, 5.41) is 7.21.